The number of nitrogens with zero attached hydrogens (tertiary/aromatic N) is 2. The molecule has 1 heterocycles. The van der Waals surface area contributed by atoms with Crippen LogP contribution in [0.2, 0.25) is 0 Å². The Kier molecular flexibility index (Phi) is 3.92. The highest BCUT2D eigenvalue weighted by atomic mass is 16.4. The summed E-state index contributed by atoms with van der Waals surface area (Å²) >= 11 is 0. The molecule has 0 aliphatic heterocycles. The summed E-state index contributed by atoms with van der Waals surface area (Å²) in [6.07, 6.45) is 0. The third-order valence-electron chi connectivity index (χ3n) is 2.45. The summed E-state index contributed by atoms with van der Waals surface area (Å²) in [6.45, 7) is -0.221. The Bertz CT molecular complexity index is 572. The van der Waals surface area contributed by atoms with E-state index in [2.05, 4.69) is 20.6 Å². The number of rotatable bonds is 5. The Labute approximate surface area is 110 Å². The van der Waals surface area contributed by atoms with E-state index in [4.69, 9.17) is 5.11 Å². The zero-order valence-corrected chi connectivity index (χ0v) is 10.4. The van der Waals surface area contributed by atoms with Crippen molar-refractivity contribution in [3.05, 3.63) is 36.4 Å². The molecule has 0 atom stereocenters. The van der Waals surface area contributed by atoms with Crippen molar-refractivity contribution < 1.29 is 9.90 Å². The topological polar surface area (TPSA) is 87.1 Å². The van der Waals surface area contributed by atoms with Crippen molar-refractivity contribution in [3.8, 4) is 11.3 Å². The number of anilines is 2. The predicted octanol–water partition coefficient (Wildman–Crippen LogP) is 1.68. The van der Waals surface area contributed by atoms with Crippen LogP contribution >= 0.6 is 0 Å². The van der Waals surface area contributed by atoms with Crippen LogP contribution in [0, 0.1) is 0 Å². The molecule has 6 nitrogen and oxygen atoms in total. The van der Waals surface area contributed by atoms with Crippen LogP contribution in [0.4, 0.5) is 11.8 Å². The van der Waals surface area contributed by atoms with Crippen molar-refractivity contribution in [2.24, 2.45) is 0 Å². The lowest BCUT2D eigenvalue weighted by atomic mass is 10.1. The number of benzene rings is 1. The van der Waals surface area contributed by atoms with Crippen LogP contribution in [0.3, 0.4) is 0 Å². The maximum absolute atomic E-state index is 10.5. The van der Waals surface area contributed by atoms with Crippen LogP contribution in [-0.4, -0.2) is 34.6 Å². The van der Waals surface area contributed by atoms with Crippen molar-refractivity contribution in [2.45, 2.75) is 0 Å². The molecule has 0 aliphatic rings. The number of aliphatic carboxylic acids is 1. The van der Waals surface area contributed by atoms with Crippen molar-refractivity contribution >= 4 is 17.7 Å². The maximum Gasteiger partial charge on any atom is 0.322 e. The minimum atomic E-state index is -0.959. The molecule has 0 fully saturated rings. The first-order valence-electron chi connectivity index (χ1n) is 5.77. The fourth-order valence-electron chi connectivity index (χ4n) is 1.57. The molecule has 2 rings (SSSR count). The van der Waals surface area contributed by atoms with Gasteiger partial charge in [0.15, 0.2) is 0 Å². The van der Waals surface area contributed by atoms with Gasteiger partial charge in [-0.05, 0) is 0 Å². The summed E-state index contributed by atoms with van der Waals surface area (Å²) in [5.41, 5.74) is 1.67. The second-order valence-corrected chi connectivity index (χ2v) is 3.83. The predicted molar refractivity (Wildman–Crippen MR) is 73.1 cm³/mol. The van der Waals surface area contributed by atoms with Gasteiger partial charge in [-0.2, -0.15) is 4.98 Å². The molecular formula is C13H14N4O2. The van der Waals surface area contributed by atoms with E-state index in [0.717, 1.165) is 11.3 Å². The average molecular weight is 258 g/mol. The molecule has 0 amide bonds. The molecule has 1 aromatic carbocycles. The van der Waals surface area contributed by atoms with E-state index in [1.54, 1.807) is 13.1 Å². The van der Waals surface area contributed by atoms with E-state index in [1.807, 2.05) is 30.3 Å². The van der Waals surface area contributed by atoms with Gasteiger partial charge in [-0.15, -0.1) is 0 Å². The van der Waals surface area contributed by atoms with Crippen molar-refractivity contribution in [2.75, 3.05) is 24.2 Å². The monoisotopic (exact) mass is 258 g/mol. The van der Waals surface area contributed by atoms with Gasteiger partial charge in [0.25, 0.3) is 0 Å². The van der Waals surface area contributed by atoms with E-state index in [9.17, 15) is 4.79 Å². The van der Waals surface area contributed by atoms with Gasteiger partial charge in [-0.25, -0.2) is 4.98 Å². The number of aromatic nitrogens is 2. The first-order valence-corrected chi connectivity index (χ1v) is 5.77. The number of carbonyl (C=O) groups is 1. The van der Waals surface area contributed by atoms with Gasteiger partial charge in [0.2, 0.25) is 5.95 Å². The van der Waals surface area contributed by atoms with Crippen LogP contribution in [0.1, 0.15) is 0 Å². The van der Waals surface area contributed by atoms with Crippen LogP contribution in [0.15, 0.2) is 36.4 Å². The molecular weight excluding hydrogens is 244 g/mol. The second-order valence-electron chi connectivity index (χ2n) is 3.83. The van der Waals surface area contributed by atoms with E-state index < -0.39 is 5.97 Å². The molecule has 0 saturated carbocycles. The highest BCUT2D eigenvalue weighted by Crippen LogP contribution is 2.20. The first-order chi connectivity index (χ1) is 9.19. The second kappa shape index (κ2) is 5.81. The molecule has 19 heavy (non-hydrogen) atoms. The van der Waals surface area contributed by atoms with Crippen LogP contribution in [0.25, 0.3) is 11.3 Å². The Hall–Kier alpha value is -2.63. The van der Waals surface area contributed by atoms with Crippen molar-refractivity contribution in [1.82, 2.24) is 9.97 Å². The molecule has 3 N–H and O–H groups in total. The number of carboxylic acids is 1. The van der Waals surface area contributed by atoms with Gasteiger partial charge in [-0.1, -0.05) is 30.3 Å². The maximum atomic E-state index is 10.5. The normalized spacial score (nSPS) is 9.95. The van der Waals surface area contributed by atoms with E-state index >= 15 is 0 Å². The van der Waals surface area contributed by atoms with Crippen molar-refractivity contribution in [1.29, 1.82) is 0 Å². The summed E-state index contributed by atoms with van der Waals surface area (Å²) in [5, 5.41) is 14.2. The molecule has 0 bridgehead atoms. The lowest BCUT2D eigenvalue weighted by Gasteiger charge is -2.08. The third-order valence-corrected chi connectivity index (χ3v) is 2.45. The first kappa shape index (κ1) is 12.8. The molecule has 0 saturated heterocycles. The molecule has 6 heteroatoms. The highest BCUT2D eigenvalue weighted by Gasteiger charge is 2.06. The Balaban J connectivity index is 2.33. The zero-order valence-electron chi connectivity index (χ0n) is 10.4. The Morgan fingerprint density at radius 3 is 2.63 bits per heavy atom. The number of nitrogens with one attached hydrogen (secondary N) is 2. The average Bonchev–Trinajstić information content (AvgIpc) is 2.45. The van der Waals surface area contributed by atoms with Crippen LogP contribution in [-0.2, 0) is 4.79 Å². The SMILES string of the molecule is CNc1cc(-c2ccccc2)nc(NCC(=O)O)n1. The quantitative estimate of drug-likeness (QED) is 0.756. The number of hydrogen-bond donors (Lipinski definition) is 3. The molecule has 0 radical (unpaired) electrons. The van der Waals surface area contributed by atoms with Gasteiger partial charge >= 0.3 is 5.97 Å². The Morgan fingerprint density at radius 2 is 2.00 bits per heavy atom. The summed E-state index contributed by atoms with van der Waals surface area (Å²) in [6, 6.07) is 11.4. The molecule has 1 aromatic heterocycles. The lowest BCUT2D eigenvalue weighted by Crippen LogP contribution is -2.15. The fourth-order valence-corrected chi connectivity index (χ4v) is 1.57. The molecule has 2 aromatic rings. The largest absolute Gasteiger partial charge is 0.480 e. The summed E-state index contributed by atoms with van der Waals surface area (Å²) in [4.78, 5) is 19.0. The van der Waals surface area contributed by atoms with Gasteiger partial charge in [0.1, 0.15) is 12.4 Å². The smallest absolute Gasteiger partial charge is 0.322 e. The van der Waals surface area contributed by atoms with Gasteiger partial charge in [0, 0.05) is 18.7 Å². The van der Waals surface area contributed by atoms with Gasteiger partial charge in [0.05, 0.1) is 5.69 Å². The molecule has 0 unspecified atom stereocenters. The van der Waals surface area contributed by atoms with Gasteiger partial charge < -0.3 is 15.7 Å². The summed E-state index contributed by atoms with van der Waals surface area (Å²) in [5.74, 6) is -0.0467. The number of carboxylic acid groups (broad SMARTS) is 1. The summed E-state index contributed by atoms with van der Waals surface area (Å²) in [7, 11) is 1.75. The molecule has 0 spiro atoms. The van der Waals surface area contributed by atoms with Crippen molar-refractivity contribution in [3.63, 3.8) is 0 Å². The van der Waals surface area contributed by atoms with E-state index in [-0.39, 0.29) is 12.5 Å². The minimum absolute atomic E-state index is 0.221. The standard InChI is InChI=1S/C13H14N4O2/c1-14-11-7-10(9-5-3-2-4-6-9)16-13(17-11)15-8-12(18)19/h2-7H,8H2,1H3,(H,18,19)(H2,14,15,16,17). The van der Waals surface area contributed by atoms with Gasteiger partial charge in [-0.3, -0.25) is 4.79 Å². The minimum Gasteiger partial charge on any atom is -0.480 e. The molecule has 0 aliphatic carbocycles. The highest BCUT2D eigenvalue weighted by molar-refractivity contribution is 5.72. The number of hydrogen-bond acceptors (Lipinski definition) is 5. The van der Waals surface area contributed by atoms with E-state index in [0.29, 0.717) is 5.82 Å². The van der Waals surface area contributed by atoms with E-state index in [1.165, 1.54) is 0 Å². The summed E-state index contributed by atoms with van der Waals surface area (Å²) < 4.78 is 0. The van der Waals surface area contributed by atoms with Crippen LogP contribution < -0.4 is 10.6 Å². The molecule has 98 valence electrons. The lowest BCUT2D eigenvalue weighted by molar-refractivity contribution is -0.134. The zero-order chi connectivity index (χ0) is 13.7. The third kappa shape index (κ3) is 3.41. The Morgan fingerprint density at radius 1 is 1.26 bits per heavy atom. The van der Waals surface area contributed by atoms with Crippen LogP contribution in [0.5, 0.6) is 0 Å². The fraction of sp³-hybridized carbons (Fsp3) is 0.154.